The third-order valence-electron chi connectivity index (χ3n) is 4.31. The first-order valence-corrected chi connectivity index (χ1v) is 8.19. The summed E-state index contributed by atoms with van der Waals surface area (Å²) in [6.45, 7) is 0. The fourth-order valence-corrected chi connectivity index (χ4v) is 3.26. The van der Waals surface area contributed by atoms with E-state index in [4.69, 9.17) is 11.6 Å². The Kier molecular flexibility index (Phi) is 3.08. The Morgan fingerprint density at radius 1 is 1.00 bits per heavy atom. The zero-order valence-electron chi connectivity index (χ0n) is 13.0. The van der Waals surface area contributed by atoms with Crippen LogP contribution in [0.5, 0.6) is 0 Å². The molecule has 0 fully saturated rings. The highest BCUT2D eigenvalue weighted by Gasteiger charge is 2.11. The molecule has 0 unspecified atom stereocenters. The van der Waals surface area contributed by atoms with Crippen LogP contribution in [0.1, 0.15) is 0 Å². The quantitative estimate of drug-likeness (QED) is 0.476. The van der Waals surface area contributed by atoms with Crippen molar-refractivity contribution in [3.63, 3.8) is 0 Å². The van der Waals surface area contributed by atoms with Gasteiger partial charge in [-0.15, -0.1) is 0 Å². The molecule has 6 heteroatoms. The number of halogens is 1. The lowest BCUT2D eigenvalue weighted by Crippen LogP contribution is -1.87. The molecule has 0 bridgehead atoms. The molecular weight excluding hydrogens is 334 g/mol. The molecule has 5 aromatic heterocycles. The first-order valence-electron chi connectivity index (χ1n) is 7.81. The molecule has 0 aliphatic carbocycles. The summed E-state index contributed by atoms with van der Waals surface area (Å²) >= 11 is 5.98. The standard InChI is InChI=1S/C19H12ClN5/c20-18-4-3-14-15(10-22-19(14)24-18)12-5-7-25-17(8-12)16(11-23-25)13-2-1-6-21-9-13/h1-11H,(H,22,24). The number of hydrogen-bond acceptors (Lipinski definition) is 3. The van der Waals surface area contributed by atoms with Gasteiger partial charge in [-0.3, -0.25) is 4.98 Å². The Morgan fingerprint density at radius 2 is 1.96 bits per heavy atom. The van der Waals surface area contributed by atoms with Gasteiger partial charge in [0.1, 0.15) is 10.8 Å². The fourth-order valence-electron chi connectivity index (χ4n) is 3.11. The minimum Gasteiger partial charge on any atom is -0.345 e. The van der Waals surface area contributed by atoms with Crippen LogP contribution in [0.15, 0.2) is 67.4 Å². The Morgan fingerprint density at radius 3 is 2.84 bits per heavy atom. The molecule has 0 radical (unpaired) electrons. The summed E-state index contributed by atoms with van der Waals surface area (Å²) in [5.74, 6) is 0. The van der Waals surface area contributed by atoms with Crippen molar-refractivity contribution in [3.05, 3.63) is 72.5 Å². The minimum atomic E-state index is 0.478. The van der Waals surface area contributed by atoms with Gasteiger partial charge in [0, 0.05) is 46.9 Å². The molecule has 0 atom stereocenters. The molecule has 0 spiro atoms. The van der Waals surface area contributed by atoms with Gasteiger partial charge < -0.3 is 4.98 Å². The van der Waals surface area contributed by atoms with E-state index in [2.05, 4.69) is 26.1 Å². The number of aromatic amines is 1. The van der Waals surface area contributed by atoms with Crippen LogP contribution in [0.4, 0.5) is 0 Å². The van der Waals surface area contributed by atoms with Crippen molar-refractivity contribution in [2.75, 3.05) is 0 Å². The highest BCUT2D eigenvalue weighted by Crippen LogP contribution is 2.31. The Hall–Kier alpha value is -3.18. The van der Waals surface area contributed by atoms with Crippen LogP contribution >= 0.6 is 11.6 Å². The van der Waals surface area contributed by atoms with E-state index in [1.54, 1.807) is 12.3 Å². The maximum absolute atomic E-state index is 5.98. The molecule has 5 rings (SSSR count). The predicted molar refractivity (Wildman–Crippen MR) is 98.5 cm³/mol. The maximum atomic E-state index is 5.98. The summed E-state index contributed by atoms with van der Waals surface area (Å²) in [6, 6.07) is 11.9. The van der Waals surface area contributed by atoms with Gasteiger partial charge in [0.2, 0.25) is 0 Å². The van der Waals surface area contributed by atoms with Gasteiger partial charge in [0.05, 0.1) is 11.7 Å². The van der Waals surface area contributed by atoms with Gasteiger partial charge in [-0.25, -0.2) is 9.50 Å². The molecule has 0 saturated heterocycles. The number of aromatic nitrogens is 5. The first-order chi connectivity index (χ1) is 12.3. The van der Waals surface area contributed by atoms with E-state index in [1.165, 1.54) is 0 Å². The molecule has 25 heavy (non-hydrogen) atoms. The van der Waals surface area contributed by atoms with Crippen LogP contribution in [0.2, 0.25) is 5.15 Å². The summed E-state index contributed by atoms with van der Waals surface area (Å²) in [5, 5.41) is 5.96. The fraction of sp³-hybridized carbons (Fsp3) is 0. The van der Waals surface area contributed by atoms with Crippen LogP contribution in [0.3, 0.4) is 0 Å². The van der Waals surface area contributed by atoms with Gasteiger partial charge >= 0.3 is 0 Å². The van der Waals surface area contributed by atoms with E-state index in [9.17, 15) is 0 Å². The third kappa shape index (κ3) is 2.28. The minimum absolute atomic E-state index is 0.478. The summed E-state index contributed by atoms with van der Waals surface area (Å²) in [4.78, 5) is 11.7. The lowest BCUT2D eigenvalue weighted by Gasteiger charge is -2.03. The molecular formula is C19H12ClN5. The van der Waals surface area contributed by atoms with Crippen molar-refractivity contribution in [1.82, 2.24) is 24.6 Å². The van der Waals surface area contributed by atoms with Gasteiger partial charge in [0.25, 0.3) is 0 Å². The molecule has 1 N–H and O–H groups in total. The topological polar surface area (TPSA) is 58.9 Å². The normalized spacial score (nSPS) is 11.4. The van der Waals surface area contributed by atoms with Gasteiger partial charge in [-0.05, 0) is 35.9 Å². The zero-order chi connectivity index (χ0) is 16.8. The van der Waals surface area contributed by atoms with Crippen LogP contribution < -0.4 is 0 Å². The van der Waals surface area contributed by atoms with Crippen molar-refractivity contribution in [3.8, 4) is 22.3 Å². The molecule has 5 heterocycles. The van der Waals surface area contributed by atoms with E-state index >= 15 is 0 Å². The summed E-state index contributed by atoms with van der Waals surface area (Å²) in [5.41, 5.74) is 6.08. The second-order valence-corrected chi connectivity index (χ2v) is 6.16. The summed E-state index contributed by atoms with van der Waals surface area (Å²) < 4.78 is 1.87. The smallest absolute Gasteiger partial charge is 0.139 e. The third-order valence-corrected chi connectivity index (χ3v) is 4.52. The van der Waals surface area contributed by atoms with Gasteiger partial charge in [-0.1, -0.05) is 17.7 Å². The predicted octanol–water partition coefficient (Wildman–Crippen LogP) is 4.59. The monoisotopic (exact) mass is 345 g/mol. The maximum Gasteiger partial charge on any atom is 0.139 e. The molecule has 5 nitrogen and oxygen atoms in total. The van der Waals surface area contributed by atoms with Gasteiger partial charge in [-0.2, -0.15) is 5.10 Å². The molecule has 0 aliphatic heterocycles. The van der Waals surface area contributed by atoms with Crippen LogP contribution in [0, 0.1) is 0 Å². The number of fused-ring (bicyclic) bond motifs is 2. The average molecular weight is 346 g/mol. The highest BCUT2D eigenvalue weighted by molar-refractivity contribution is 6.29. The summed E-state index contributed by atoms with van der Waals surface area (Å²) in [7, 11) is 0. The van der Waals surface area contributed by atoms with Crippen LogP contribution in [0.25, 0.3) is 38.8 Å². The average Bonchev–Trinajstić information content (AvgIpc) is 3.25. The van der Waals surface area contributed by atoms with E-state index in [-0.39, 0.29) is 0 Å². The Balaban J connectivity index is 1.72. The lowest BCUT2D eigenvalue weighted by molar-refractivity contribution is 0.962. The van der Waals surface area contributed by atoms with Crippen molar-refractivity contribution < 1.29 is 0 Å². The van der Waals surface area contributed by atoms with Crippen molar-refractivity contribution >= 4 is 28.2 Å². The van der Waals surface area contributed by atoms with Crippen LogP contribution in [-0.2, 0) is 0 Å². The first kappa shape index (κ1) is 14.2. The van der Waals surface area contributed by atoms with Crippen LogP contribution in [-0.4, -0.2) is 24.6 Å². The molecule has 0 aromatic carbocycles. The highest BCUT2D eigenvalue weighted by atomic mass is 35.5. The number of pyridine rings is 3. The molecule has 0 aliphatic rings. The van der Waals surface area contributed by atoms with E-state index in [1.807, 2.05) is 53.6 Å². The Bertz CT molecular complexity index is 1210. The van der Waals surface area contributed by atoms with Gasteiger partial charge in [0.15, 0.2) is 0 Å². The molecule has 0 saturated carbocycles. The van der Waals surface area contributed by atoms with Crippen molar-refractivity contribution in [2.24, 2.45) is 0 Å². The number of hydrogen-bond donors (Lipinski definition) is 1. The van der Waals surface area contributed by atoms with Crippen molar-refractivity contribution in [2.45, 2.75) is 0 Å². The zero-order valence-corrected chi connectivity index (χ0v) is 13.8. The number of H-pyrrole nitrogens is 1. The molecule has 5 aromatic rings. The SMILES string of the molecule is Clc1ccc2c(-c3ccn4ncc(-c5cccnc5)c4c3)c[nH]c2n1. The second-order valence-electron chi connectivity index (χ2n) is 5.78. The number of nitrogens with one attached hydrogen (secondary N) is 1. The van der Waals surface area contributed by atoms with E-state index < -0.39 is 0 Å². The number of rotatable bonds is 2. The second kappa shape index (κ2) is 5.43. The van der Waals surface area contributed by atoms with Crippen molar-refractivity contribution in [1.29, 1.82) is 0 Å². The largest absolute Gasteiger partial charge is 0.345 e. The van der Waals surface area contributed by atoms with E-state index in [0.717, 1.165) is 38.8 Å². The van der Waals surface area contributed by atoms with E-state index in [0.29, 0.717) is 5.15 Å². The number of nitrogens with zero attached hydrogens (tertiary/aromatic N) is 4. The molecule has 0 amide bonds. The molecule has 120 valence electrons. The Labute approximate surface area is 147 Å². The summed E-state index contributed by atoms with van der Waals surface area (Å²) in [6.07, 6.45) is 9.41. The lowest BCUT2D eigenvalue weighted by atomic mass is 10.0.